The van der Waals surface area contributed by atoms with Crippen molar-refractivity contribution in [1.29, 1.82) is 5.26 Å². The first kappa shape index (κ1) is 11.4. The van der Waals surface area contributed by atoms with Gasteiger partial charge in [0.25, 0.3) is 0 Å². The first-order chi connectivity index (χ1) is 8.15. The maximum atomic E-state index is 9.08. The fraction of sp³-hybridized carbons (Fsp3) is 0.500. The van der Waals surface area contributed by atoms with Gasteiger partial charge in [0.2, 0.25) is 5.95 Å². The highest BCUT2D eigenvalue weighted by atomic mass is 15.3. The van der Waals surface area contributed by atoms with Crippen LogP contribution in [0.1, 0.15) is 12.0 Å². The smallest absolute Gasteiger partial charge is 0.224 e. The van der Waals surface area contributed by atoms with Gasteiger partial charge in [0.15, 0.2) is 5.82 Å². The molecule has 0 aliphatic carbocycles. The van der Waals surface area contributed by atoms with Crippen LogP contribution in [0, 0.1) is 11.3 Å². The molecule has 1 aromatic rings. The van der Waals surface area contributed by atoms with Crippen molar-refractivity contribution in [2.45, 2.75) is 12.5 Å². The minimum atomic E-state index is 0.101. The molecule has 0 saturated carbocycles. The van der Waals surface area contributed by atoms with Crippen LogP contribution >= 0.6 is 0 Å². The van der Waals surface area contributed by atoms with Crippen molar-refractivity contribution in [1.82, 2.24) is 15.3 Å². The van der Waals surface area contributed by atoms with Gasteiger partial charge in [-0.05, 0) is 13.5 Å². The van der Waals surface area contributed by atoms with Crippen LogP contribution < -0.4 is 21.7 Å². The lowest BCUT2D eigenvalue weighted by molar-refractivity contribution is 0.616. The summed E-state index contributed by atoms with van der Waals surface area (Å²) in [5.74, 6) is 0.780. The zero-order valence-electron chi connectivity index (χ0n) is 9.64. The van der Waals surface area contributed by atoms with Crippen LogP contribution in [0.2, 0.25) is 0 Å². The van der Waals surface area contributed by atoms with E-state index in [4.69, 9.17) is 16.7 Å². The molecule has 1 saturated heterocycles. The van der Waals surface area contributed by atoms with E-state index >= 15 is 0 Å². The number of nitrogen functional groups attached to an aromatic ring is 2. The Morgan fingerprint density at radius 3 is 2.82 bits per heavy atom. The van der Waals surface area contributed by atoms with Gasteiger partial charge >= 0.3 is 0 Å². The third kappa shape index (κ3) is 2.07. The van der Waals surface area contributed by atoms with Crippen LogP contribution in [0.3, 0.4) is 0 Å². The lowest BCUT2D eigenvalue weighted by Crippen LogP contribution is -2.30. The molecule has 0 aromatic carbocycles. The second-order valence-corrected chi connectivity index (χ2v) is 4.00. The Balaban J connectivity index is 2.36. The number of likely N-dealkylation sites (N-methyl/N-ethyl adjacent to an activating group) is 1. The maximum Gasteiger partial charge on any atom is 0.224 e. The number of hydrogen-bond donors (Lipinski definition) is 3. The number of nitrogens with zero attached hydrogens (tertiary/aromatic N) is 4. The Labute approximate surface area is 99.4 Å². The van der Waals surface area contributed by atoms with Crippen LogP contribution in [-0.4, -0.2) is 36.1 Å². The summed E-state index contributed by atoms with van der Waals surface area (Å²) in [5, 5.41) is 12.3. The minimum absolute atomic E-state index is 0.101. The van der Waals surface area contributed by atoms with Crippen molar-refractivity contribution >= 4 is 17.6 Å². The molecule has 2 rings (SSSR count). The van der Waals surface area contributed by atoms with Crippen LogP contribution in [-0.2, 0) is 0 Å². The Morgan fingerprint density at radius 1 is 1.47 bits per heavy atom. The quantitative estimate of drug-likeness (QED) is 0.619. The fourth-order valence-electron chi connectivity index (χ4n) is 2.01. The van der Waals surface area contributed by atoms with Crippen molar-refractivity contribution in [3.63, 3.8) is 0 Å². The molecule has 0 radical (unpaired) electrons. The highest BCUT2D eigenvalue weighted by molar-refractivity contribution is 5.66. The zero-order chi connectivity index (χ0) is 12.4. The second-order valence-electron chi connectivity index (χ2n) is 4.00. The van der Waals surface area contributed by atoms with E-state index in [9.17, 15) is 0 Å². The van der Waals surface area contributed by atoms with E-state index in [0.717, 1.165) is 19.5 Å². The molecule has 1 unspecified atom stereocenters. The van der Waals surface area contributed by atoms with Gasteiger partial charge in [-0.3, -0.25) is 0 Å². The molecule has 1 atom stereocenters. The average Bonchev–Trinajstić information content (AvgIpc) is 2.76. The number of aromatic nitrogens is 2. The van der Waals surface area contributed by atoms with Gasteiger partial charge < -0.3 is 21.7 Å². The van der Waals surface area contributed by atoms with E-state index in [0.29, 0.717) is 17.4 Å². The van der Waals surface area contributed by atoms with Gasteiger partial charge in [-0.25, -0.2) is 0 Å². The molecule has 90 valence electrons. The Kier molecular flexibility index (Phi) is 2.97. The SMILES string of the molecule is CNC1CCN(c2nc(N)nc(N)c2C#N)C1. The number of rotatable bonds is 2. The molecule has 1 aromatic heterocycles. The molecular weight excluding hydrogens is 218 g/mol. The molecule has 1 aliphatic rings. The summed E-state index contributed by atoms with van der Waals surface area (Å²) in [6.07, 6.45) is 1.01. The monoisotopic (exact) mass is 233 g/mol. The molecular formula is C10H15N7. The number of nitriles is 1. The third-order valence-electron chi connectivity index (χ3n) is 2.94. The number of anilines is 3. The van der Waals surface area contributed by atoms with E-state index in [1.54, 1.807) is 0 Å². The van der Waals surface area contributed by atoms with Crippen molar-refractivity contribution in [3.8, 4) is 6.07 Å². The molecule has 0 spiro atoms. The van der Waals surface area contributed by atoms with Gasteiger partial charge in [0.1, 0.15) is 17.5 Å². The number of nitrogens with one attached hydrogen (secondary N) is 1. The highest BCUT2D eigenvalue weighted by Gasteiger charge is 2.25. The van der Waals surface area contributed by atoms with Gasteiger partial charge in [0.05, 0.1) is 0 Å². The summed E-state index contributed by atoms with van der Waals surface area (Å²) >= 11 is 0. The molecule has 17 heavy (non-hydrogen) atoms. The first-order valence-electron chi connectivity index (χ1n) is 5.41. The van der Waals surface area contributed by atoms with E-state index in [2.05, 4.69) is 15.3 Å². The van der Waals surface area contributed by atoms with E-state index in [1.807, 2.05) is 18.0 Å². The van der Waals surface area contributed by atoms with Crippen molar-refractivity contribution in [3.05, 3.63) is 5.56 Å². The predicted molar refractivity (Wildman–Crippen MR) is 65.2 cm³/mol. The summed E-state index contributed by atoms with van der Waals surface area (Å²) in [7, 11) is 1.92. The molecule has 0 bridgehead atoms. The van der Waals surface area contributed by atoms with Crippen LogP contribution in [0.15, 0.2) is 0 Å². The Morgan fingerprint density at radius 2 is 2.24 bits per heavy atom. The minimum Gasteiger partial charge on any atom is -0.382 e. The van der Waals surface area contributed by atoms with Crippen LogP contribution in [0.5, 0.6) is 0 Å². The summed E-state index contributed by atoms with van der Waals surface area (Å²) in [6.45, 7) is 1.62. The fourth-order valence-corrected chi connectivity index (χ4v) is 2.01. The van der Waals surface area contributed by atoms with Crippen molar-refractivity contribution in [2.24, 2.45) is 0 Å². The summed E-state index contributed by atoms with van der Waals surface area (Å²) in [6, 6.07) is 2.43. The normalized spacial score (nSPS) is 19.3. The van der Waals surface area contributed by atoms with E-state index < -0.39 is 0 Å². The largest absolute Gasteiger partial charge is 0.382 e. The molecule has 1 fully saturated rings. The van der Waals surface area contributed by atoms with Gasteiger partial charge in [-0.2, -0.15) is 15.2 Å². The molecule has 7 heteroatoms. The zero-order valence-corrected chi connectivity index (χ0v) is 9.64. The number of hydrogen-bond acceptors (Lipinski definition) is 7. The van der Waals surface area contributed by atoms with E-state index in [-0.39, 0.29) is 11.8 Å². The topological polar surface area (TPSA) is 117 Å². The van der Waals surface area contributed by atoms with Crippen LogP contribution in [0.25, 0.3) is 0 Å². The molecule has 0 amide bonds. The molecule has 2 heterocycles. The Bertz CT molecular complexity index is 464. The van der Waals surface area contributed by atoms with Gasteiger partial charge in [-0.1, -0.05) is 0 Å². The Hall–Kier alpha value is -2.07. The maximum absolute atomic E-state index is 9.08. The van der Waals surface area contributed by atoms with Crippen molar-refractivity contribution < 1.29 is 0 Å². The van der Waals surface area contributed by atoms with Crippen LogP contribution in [0.4, 0.5) is 17.6 Å². The van der Waals surface area contributed by atoms with E-state index in [1.165, 1.54) is 0 Å². The second kappa shape index (κ2) is 4.43. The average molecular weight is 233 g/mol. The van der Waals surface area contributed by atoms with Gasteiger partial charge in [0, 0.05) is 19.1 Å². The lowest BCUT2D eigenvalue weighted by atomic mass is 10.3. The molecule has 1 aliphatic heterocycles. The van der Waals surface area contributed by atoms with Gasteiger partial charge in [-0.15, -0.1) is 0 Å². The number of nitrogens with two attached hydrogens (primary N) is 2. The van der Waals surface area contributed by atoms with Crippen molar-refractivity contribution in [2.75, 3.05) is 36.5 Å². The molecule has 5 N–H and O–H groups in total. The highest BCUT2D eigenvalue weighted by Crippen LogP contribution is 2.25. The predicted octanol–water partition coefficient (Wildman–Crippen LogP) is -0.689. The summed E-state index contributed by atoms with van der Waals surface area (Å²) < 4.78 is 0. The standard InChI is InChI=1S/C10H15N7/c1-14-6-2-3-17(5-6)9-7(4-11)8(12)15-10(13)16-9/h6,14H,2-3,5H2,1H3,(H4,12,13,15,16). The summed E-state index contributed by atoms with van der Waals surface area (Å²) in [5.41, 5.74) is 11.5. The third-order valence-corrected chi connectivity index (χ3v) is 2.94. The lowest BCUT2D eigenvalue weighted by Gasteiger charge is -2.19. The first-order valence-corrected chi connectivity index (χ1v) is 5.41. The molecule has 7 nitrogen and oxygen atoms in total. The summed E-state index contributed by atoms with van der Waals surface area (Å²) in [4.78, 5) is 9.92.